The molecule has 0 aromatic heterocycles. The van der Waals surface area contributed by atoms with Crippen LogP contribution in [-0.2, 0) is 0 Å². The summed E-state index contributed by atoms with van der Waals surface area (Å²) in [5, 5.41) is 9.16. The van der Waals surface area contributed by atoms with Crippen molar-refractivity contribution < 1.29 is 5.11 Å². The lowest BCUT2D eigenvalue weighted by atomic mass is 10.3. The van der Waals surface area contributed by atoms with Crippen LogP contribution in [0.25, 0.3) is 0 Å². The summed E-state index contributed by atoms with van der Waals surface area (Å²) >= 11 is 0. The lowest BCUT2D eigenvalue weighted by molar-refractivity contribution is 0.189. The van der Waals surface area contributed by atoms with Gasteiger partial charge in [-0.25, -0.2) is 0 Å². The van der Waals surface area contributed by atoms with Crippen LogP contribution in [0, 0.1) is 0 Å². The van der Waals surface area contributed by atoms with Crippen molar-refractivity contribution in [3.63, 3.8) is 0 Å². The first kappa shape index (κ1) is 8.74. The predicted molar refractivity (Wildman–Crippen MR) is 49.7 cm³/mol. The Morgan fingerprint density at radius 3 is 3.17 bits per heavy atom. The number of aliphatic hydroxyl groups is 1. The molecule has 3 N–H and O–H groups in total. The molecule has 0 aromatic rings. The Hall–Kier alpha value is -1.35. The summed E-state index contributed by atoms with van der Waals surface area (Å²) in [6.45, 7) is 0. The number of aliphatic hydroxyl groups excluding tert-OH is 1. The zero-order valence-corrected chi connectivity index (χ0v) is 6.72. The van der Waals surface area contributed by atoms with Crippen molar-refractivity contribution in [1.82, 2.24) is 0 Å². The molecule has 0 radical (unpaired) electrons. The van der Waals surface area contributed by atoms with E-state index in [1.165, 1.54) is 0 Å². The molecule has 0 saturated carbocycles. The number of hydrogen-bond acceptors (Lipinski definition) is 3. The predicted octanol–water partition coefficient (Wildman–Crippen LogP) is 0.734. The van der Waals surface area contributed by atoms with Gasteiger partial charge in [0.15, 0.2) is 0 Å². The van der Waals surface area contributed by atoms with Crippen LogP contribution >= 0.6 is 0 Å². The lowest BCUT2D eigenvalue weighted by Crippen LogP contribution is -2.00. The Labute approximate surface area is 71.6 Å². The van der Waals surface area contributed by atoms with Crippen molar-refractivity contribution in [1.29, 1.82) is 0 Å². The van der Waals surface area contributed by atoms with Crippen molar-refractivity contribution in [2.45, 2.75) is 12.6 Å². The van der Waals surface area contributed by atoms with Crippen molar-refractivity contribution in [2.24, 2.45) is 10.7 Å². The number of aliphatic imine (C=N–C) groups is 1. The van der Waals surface area contributed by atoms with Gasteiger partial charge in [0.05, 0.1) is 0 Å². The summed E-state index contributed by atoms with van der Waals surface area (Å²) < 4.78 is 0. The highest BCUT2D eigenvalue weighted by molar-refractivity contribution is 5.72. The van der Waals surface area contributed by atoms with Gasteiger partial charge in [-0.15, -0.1) is 0 Å². The van der Waals surface area contributed by atoms with Gasteiger partial charge in [-0.1, -0.05) is 12.2 Å². The van der Waals surface area contributed by atoms with Crippen LogP contribution in [0.3, 0.4) is 0 Å². The zero-order valence-electron chi connectivity index (χ0n) is 6.72. The number of nitrogens with two attached hydrogens (primary N) is 1. The first-order chi connectivity index (χ1) is 5.79. The molecule has 0 saturated heterocycles. The standard InChI is InChI=1S/C9H12N2O/c10-8-4-1-2-6-9(12)11-7-3-5-8/h1-5,7,9,12H,6,10H2. The Morgan fingerprint density at radius 1 is 1.50 bits per heavy atom. The van der Waals surface area contributed by atoms with Crippen LogP contribution in [0.4, 0.5) is 0 Å². The first-order valence-electron chi connectivity index (χ1n) is 3.79. The minimum atomic E-state index is -0.640. The van der Waals surface area contributed by atoms with Gasteiger partial charge in [0.1, 0.15) is 6.23 Å². The molecule has 1 atom stereocenters. The van der Waals surface area contributed by atoms with Crippen LogP contribution in [-0.4, -0.2) is 17.5 Å². The molecule has 0 fully saturated rings. The van der Waals surface area contributed by atoms with E-state index in [4.69, 9.17) is 10.8 Å². The summed E-state index contributed by atoms with van der Waals surface area (Å²) in [5.41, 5.74) is 6.23. The molecule has 64 valence electrons. The second kappa shape index (κ2) is 4.51. The Morgan fingerprint density at radius 2 is 2.33 bits per heavy atom. The van der Waals surface area contributed by atoms with Gasteiger partial charge in [-0.3, -0.25) is 4.99 Å². The fraction of sp³-hybridized carbons (Fsp3) is 0.222. The van der Waals surface area contributed by atoms with E-state index in [2.05, 4.69) is 4.99 Å². The molecule has 1 aliphatic heterocycles. The Kier molecular flexibility index (Phi) is 3.29. The van der Waals surface area contributed by atoms with Crippen LogP contribution in [0.2, 0.25) is 0 Å². The van der Waals surface area contributed by atoms with E-state index in [0.717, 1.165) is 0 Å². The van der Waals surface area contributed by atoms with E-state index < -0.39 is 6.23 Å². The molecule has 0 aliphatic carbocycles. The lowest BCUT2D eigenvalue weighted by Gasteiger charge is -1.99. The Balaban J connectivity index is 2.72. The SMILES string of the molecule is NC1=CC=CCC(O)N=CC=C1. The van der Waals surface area contributed by atoms with Gasteiger partial charge >= 0.3 is 0 Å². The molecule has 3 heteroatoms. The smallest absolute Gasteiger partial charge is 0.148 e. The highest BCUT2D eigenvalue weighted by Gasteiger charge is 1.94. The fourth-order valence-corrected chi connectivity index (χ4v) is 0.799. The average Bonchev–Trinajstić information content (AvgIpc) is 2.06. The molecular formula is C9H12N2O. The topological polar surface area (TPSA) is 58.6 Å². The minimum Gasteiger partial charge on any atom is -0.399 e. The molecule has 0 amide bonds. The van der Waals surface area contributed by atoms with E-state index in [9.17, 15) is 0 Å². The first-order valence-corrected chi connectivity index (χ1v) is 3.79. The van der Waals surface area contributed by atoms with Gasteiger partial charge in [-0.05, 0) is 18.2 Å². The number of hydrogen-bond donors (Lipinski definition) is 2. The minimum absolute atomic E-state index is 0.522. The molecule has 12 heavy (non-hydrogen) atoms. The van der Waals surface area contributed by atoms with Gasteiger partial charge in [0.25, 0.3) is 0 Å². The third kappa shape index (κ3) is 3.16. The molecular weight excluding hydrogens is 152 g/mol. The fourth-order valence-electron chi connectivity index (χ4n) is 0.799. The van der Waals surface area contributed by atoms with Crippen LogP contribution in [0.1, 0.15) is 6.42 Å². The van der Waals surface area contributed by atoms with Gasteiger partial charge < -0.3 is 10.8 Å². The van der Waals surface area contributed by atoms with Crippen molar-refractivity contribution >= 4 is 6.21 Å². The third-order valence-corrected chi connectivity index (χ3v) is 1.40. The largest absolute Gasteiger partial charge is 0.399 e. The quantitative estimate of drug-likeness (QED) is 0.554. The maximum atomic E-state index is 9.16. The van der Waals surface area contributed by atoms with Crippen LogP contribution in [0.15, 0.2) is 41.1 Å². The zero-order chi connectivity index (χ0) is 8.81. The van der Waals surface area contributed by atoms with Gasteiger partial charge in [-0.2, -0.15) is 0 Å². The number of nitrogens with zero attached hydrogens (tertiary/aromatic N) is 1. The molecule has 0 bridgehead atoms. The van der Waals surface area contributed by atoms with E-state index in [0.29, 0.717) is 12.1 Å². The van der Waals surface area contributed by atoms with E-state index >= 15 is 0 Å². The molecule has 0 spiro atoms. The highest BCUT2D eigenvalue weighted by Crippen LogP contribution is 1.97. The molecule has 1 rings (SSSR count). The third-order valence-electron chi connectivity index (χ3n) is 1.40. The molecule has 0 aromatic carbocycles. The summed E-state index contributed by atoms with van der Waals surface area (Å²) in [7, 11) is 0. The molecule has 3 nitrogen and oxygen atoms in total. The molecule has 1 unspecified atom stereocenters. The highest BCUT2D eigenvalue weighted by atomic mass is 16.3. The molecule has 1 heterocycles. The van der Waals surface area contributed by atoms with Crippen LogP contribution < -0.4 is 5.73 Å². The van der Waals surface area contributed by atoms with Crippen molar-refractivity contribution in [3.05, 3.63) is 36.1 Å². The van der Waals surface area contributed by atoms with E-state index in [1.54, 1.807) is 24.4 Å². The van der Waals surface area contributed by atoms with Gasteiger partial charge in [0.2, 0.25) is 0 Å². The van der Waals surface area contributed by atoms with Crippen LogP contribution in [0.5, 0.6) is 0 Å². The summed E-state index contributed by atoms with van der Waals surface area (Å²) in [6.07, 6.45) is 10.3. The maximum absolute atomic E-state index is 9.16. The summed E-state index contributed by atoms with van der Waals surface area (Å²) in [4.78, 5) is 3.83. The number of allylic oxidation sites excluding steroid dienone is 4. The molecule has 1 aliphatic rings. The second-order valence-electron chi connectivity index (χ2n) is 2.47. The van der Waals surface area contributed by atoms with Gasteiger partial charge in [0, 0.05) is 18.3 Å². The monoisotopic (exact) mass is 164 g/mol. The average molecular weight is 164 g/mol. The second-order valence-corrected chi connectivity index (χ2v) is 2.47. The Bertz CT molecular complexity index is 251. The summed E-state index contributed by atoms with van der Waals surface area (Å²) in [5.74, 6) is 0. The van der Waals surface area contributed by atoms with Crippen molar-refractivity contribution in [2.75, 3.05) is 0 Å². The van der Waals surface area contributed by atoms with E-state index in [-0.39, 0.29) is 0 Å². The van der Waals surface area contributed by atoms with E-state index in [1.807, 2.05) is 12.2 Å². The normalized spacial score (nSPS) is 23.8. The van der Waals surface area contributed by atoms with Crippen molar-refractivity contribution in [3.8, 4) is 0 Å². The maximum Gasteiger partial charge on any atom is 0.148 e. The number of rotatable bonds is 0. The summed E-state index contributed by atoms with van der Waals surface area (Å²) in [6, 6.07) is 0.